The normalized spacial score (nSPS) is 17.5. The number of ether oxygens (including phenoxy) is 2. The first-order chi connectivity index (χ1) is 12.5. The number of alkyl halides is 2. The van der Waals surface area contributed by atoms with E-state index in [1.54, 1.807) is 19.1 Å². The fraction of sp³-hybridized carbons (Fsp3) is 0.444. The average Bonchev–Trinajstić information content (AvgIpc) is 2.61. The van der Waals surface area contributed by atoms with Crippen molar-refractivity contribution in [3.05, 3.63) is 29.8 Å². The molecule has 1 N–H and O–H groups in total. The topological polar surface area (TPSA) is 67.9 Å². The third-order valence-electron chi connectivity index (χ3n) is 3.90. The second kappa shape index (κ2) is 9.17. The number of nitrogens with zero attached hydrogens (tertiary/aromatic N) is 1. The molecule has 2 rings (SSSR count). The first-order valence-electron chi connectivity index (χ1n) is 8.44. The monoisotopic (exact) mass is 368 g/mol. The van der Waals surface area contributed by atoms with Crippen LogP contribution in [0.15, 0.2) is 24.3 Å². The van der Waals surface area contributed by atoms with Gasteiger partial charge < -0.3 is 19.7 Å². The van der Waals surface area contributed by atoms with Crippen molar-refractivity contribution in [1.82, 2.24) is 10.2 Å². The predicted octanol–water partition coefficient (Wildman–Crippen LogP) is 2.44. The van der Waals surface area contributed by atoms with E-state index < -0.39 is 12.7 Å². The highest BCUT2D eigenvalue weighted by Crippen LogP contribution is 2.30. The van der Waals surface area contributed by atoms with Gasteiger partial charge in [0.2, 0.25) is 11.8 Å². The summed E-state index contributed by atoms with van der Waals surface area (Å²) in [5.74, 6) is -0.333. The lowest BCUT2D eigenvalue weighted by Gasteiger charge is -2.33. The Morgan fingerprint density at radius 3 is 2.81 bits per heavy atom. The average molecular weight is 368 g/mol. The van der Waals surface area contributed by atoms with Crippen molar-refractivity contribution in [1.29, 1.82) is 0 Å². The van der Waals surface area contributed by atoms with Gasteiger partial charge in [0.15, 0.2) is 11.5 Å². The number of hydrogen-bond acceptors (Lipinski definition) is 4. The molecule has 1 saturated heterocycles. The van der Waals surface area contributed by atoms with Crippen molar-refractivity contribution in [3.63, 3.8) is 0 Å². The molecule has 0 aliphatic carbocycles. The second-order valence-electron chi connectivity index (χ2n) is 5.60. The summed E-state index contributed by atoms with van der Waals surface area (Å²) >= 11 is 0. The number of benzene rings is 1. The zero-order chi connectivity index (χ0) is 19.1. The van der Waals surface area contributed by atoms with Gasteiger partial charge in [-0.1, -0.05) is 13.0 Å². The lowest BCUT2D eigenvalue weighted by molar-refractivity contribution is -0.140. The Hall–Kier alpha value is -2.64. The van der Waals surface area contributed by atoms with Crippen molar-refractivity contribution in [2.75, 3.05) is 19.7 Å². The molecular weight excluding hydrogens is 346 g/mol. The van der Waals surface area contributed by atoms with Gasteiger partial charge in [0.1, 0.15) is 6.04 Å². The highest BCUT2D eigenvalue weighted by Gasteiger charge is 2.30. The van der Waals surface area contributed by atoms with Gasteiger partial charge in [-0.3, -0.25) is 9.59 Å². The Morgan fingerprint density at radius 2 is 2.15 bits per heavy atom. The van der Waals surface area contributed by atoms with E-state index in [9.17, 15) is 18.4 Å². The second-order valence-corrected chi connectivity index (χ2v) is 5.60. The molecule has 6 nitrogen and oxygen atoms in total. The summed E-state index contributed by atoms with van der Waals surface area (Å²) in [6.45, 7) is 1.77. The minimum atomic E-state index is -2.95. The summed E-state index contributed by atoms with van der Waals surface area (Å²) in [6, 6.07) is 3.95. The molecule has 0 bridgehead atoms. The number of halogens is 2. The van der Waals surface area contributed by atoms with E-state index in [4.69, 9.17) is 4.74 Å². The van der Waals surface area contributed by atoms with Crippen molar-refractivity contribution in [2.24, 2.45) is 0 Å². The Bertz CT molecular complexity index is 679. The van der Waals surface area contributed by atoms with E-state index in [2.05, 4.69) is 10.1 Å². The van der Waals surface area contributed by atoms with Crippen LogP contribution in [-0.4, -0.2) is 49.1 Å². The molecule has 0 radical (unpaired) electrons. The fourth-order valence-corrected chi connectivity index (χ4v) is 2.74. The molecule has 8 heteroatoms. The quantitative estimate of drug-likeness (QED) is 0.751. The SMILES string of the molecule is CCOc1cc(C=CC(=O)N2CCNC(=O)C2CC)ccc1OC(F)F. The minimum absolute atomic E-state index is 0.0657. The standard InChI is InChI=1S/C18H22F2N2O4/c1-3-13-17(24)21-9-10-22(13)16(23)8-6-12-5-7-14(26-18(19)20)15(11-12)25-4-2/h5-8,11,13,18H,3-4,9-10H2,1-2H3,(H,21,24). The van der Waals surface area contributed by atoms with Crippen LogP contribution in [0.4, 0.5) is 8.78 Å². The predicted molar refractivity (Wildman–Crippen MR) is 92.1 cm³/mol. The van der Waals surface area contributed by atoms with Crippen LogP contribution < -0.4 is 14.8 Å². The molecule has 1 aromatic carbocycles. The van der Waals surface area contributed by atoms with Gasteiger partial charge in [0.05, 0.1) is 6.61 Å². The number of carbonyl (C=O) groups is 2. The number of nitrogens with one attached hydrogen (secondary N) is 1. The number of carbonyl (C=O) groups excluding carboxylic acids is 2. The van der Waals surface area contributed by atoms with Gasteiger partial charge in [0.25, 0.3) is 0 Å². The zero-order valence-electron chi connectivity index (χ0n) is 14.7. The minimum Gasteiger partial charge on any atom is -0.490 e. The van der Waals surface area contributed by atoms with Crippen LogP contribution in [0, 0.1) is 0 Å². The Kier molecular flexibility index (Phi) is 6.94. The Balaban J connectivity index is 2.14. The highest BCUT2D eigenvalue weighted by atomic mass is 19.3. The largest absolute Gasteiger partial charge is 0.490 e. The molecule has 26 heavy (non-hydrogen) atoms. The van der Waals surface area contributed by atoms with Crippen molar-refractivity contribution >= 4 is 17.9 Å². The first-order valence-corrected chi connectivity index (χ1v) is 8.44. The van der Waals surface area contributed by atoms with Crippen molar-refractivity contribution in [2.45, 2.75) is 32.9 Å². The molecule has 1 aromatic rings. The van der Waals surface area contributed by atoms with Crippen LogP contribution in [0.25, 0.3) is 6.08 Å². The van der Waals surface area contributed by atoms with Crippen LogP contribution in [0.5, 0.6) is 11.5 Å². The summed E-state index contributed by atoms with van der Waals surface area (Å²) in [5.41, 5.74) is 0.595. The first kappa shape index (κ1) is 19.7. The molecule has 1 heterocycles. The zero-order valence-corrected chi connectivity index (χ0v) is 14.7. The summed E-state index contributed by atoms with van der Waals surface area (Å²) < 4.78 is 34.6. The summed E-state index contributed by atoms with van der Waals surface area (Å²) in [6.07, 6.45) is 3.44. The van der Waals surface area contributed by atoms with Crippen LogP contribution in [0.2, 0.25) is 0 Å². The fourth-order valence-electron chi connectivity index (χ4n) is 2.74. The lowest BCUT2D eigenvalue weighted by atomic mass is 10.1. The third kappa shape index (κ3) is 4.93. The summed E-state index contributed by atoms with van der Waals surface area (Å²) in [5, 5.41) is 2.74. The molecule has 2 amide bonds. The van der Waals surface area contributed by atoms with Crippen LogP contribution in [0.3, 0.4) is 0 Å². The van der Waals surface area contributed by atoms with Crippen LogP contribution in [0.1, 0.15) is 25.8 Å². The Labute approximate surface area is 150 Å². The molecule has 1 fully saturated rings. The van der Waals surface area contributed by atoms with Crippen LogP contribution in [-0.2, 0) is 9.59 Å². The smallest absolute Gasteiger partial charge is 0.387 e. The van der Waals surface area contributed by atoms with E-state index >= 15 is 0 Å². The van der Waals surface area contributed by atoms with Crippen molar-refractivity contribution < 1.29 is 27.8 Å². The van der Waals surface area contributed by atoms with Gasteiger partial charge in [-0.15, -0.1) is 0 Å². The maximum absolute atomic E-state index is 12.4. The lowest BCUT2D eigenvalue weighted by Crippen LogP contribution is -2.56. The molecule has 1 unspecified atom stereocenters. The van der Waals surface area contributed by atoms with Crippen molar-refractivity contribution in [3.8, 4) is 11.5 Å². The molecule has 1 atom stereocenters. The maximum Gasteiger partial charge on any atom is 0.387 e. The van der Waals surface area contributed by atoms with Gasteiger partial charge >= 0.3 is 6.61 Å². The van der Waals surface area contributed by atoms with E-state index in [-0.39, 0.29) is 29.9 Å². The summed E-state index contributed by atoms with van der Waals surface area (Å²) in [4.78, 5) is 25.8. The number of piperazine rings is 1. The van der Waals surface area contributed by atoms with Gasteiger partial charge in [0, 0.05) is 19.2 Å². The van der Waals surface area contributed by atoms with E-state index in [0.29, 0.717) is 25.1 Å². The molecule has 0 saturated carbocycles. The van der Waals surface area contributed by atoms with Crippen LogP contribution >= 0.6 is 0 Å². The van der Waals surface area contributed by atoms with Gasteiger partial charge in [-0.05, 0) is 37.1 Å². The van der Waals surface area contributed by atoms with Gasteiger partial charge in [-0.2, -0.15) is 8.78 Å². The third-order valence-corrected chi connectivity index (χ3v) is 3.90. The number of amides is 2. The number of rotatable bonds is 7. The van der Waals surface area contributed by atoms with E-state index in [0.717, 1.165) is 0 Å². The highest BCUT2D eigenvalue weighted by molar-refractivity contribution is 5.96. The molecule has 142 valence electrons. The summed E-state index contributed by atoms with van der Waals surface area (Å²) in [7, 11) is 0. The molecule has 1 aliphatic rings. The molecule has 0 aromatic heterocycles. The van der Waals surface area contributed by atoms with E-state index in [1.807, 2.05) is 6.92 Å². The molecule has 1 aliphatic heterocycles. The Morgan fingerprint density at radius 1 is 1.38 bits per heavy atom. The molecule has 0 spiro atoms. The van der Waals surface area contributed by atoms with Gasteiger partial charge in [-0.25, -0.2) is 0 Å². The van der Waals surface area contributed by atoms with E-state index in [1.165, 1.54) is 23.1 Å². The number of hydrogen-bond donors (Lipinski definition) is 1. The maximum atomic E-state index is 12.4. The molecular formula is C18H22F2N2O4.